The third-order valence-electron chi connectivity index (χ3n) is 0. The maximum absolute atomic E-state index is 8.52. The zero-order chi connectivity index (χ0) is 15.5. The Kier molecular flexibility index (Phi) is 17.4. The second-order valence-electron chi connectivity index (χ2n) is 6.51. The van der Waals surface area contributed by atoms with Gasteiger partial charge in [0.1, 0.15) is 0 Å². The summed E-state index contributed by atoms with van der Waals surface area (Å²) in [5, 5.41) is 25.6. The van der Waals surface area contributed by atoms with E-state index < -0.39 is 16.8 Å². The fourth-order valence-corrected chi connectivity index (χ4v) is 0. The van der Waals surface area contributed by atoms with Crippen LogP contribution in [0.15, 0.2) is 0 Å². The molecule has 0 aromatic carbocycles. The van der Waals surface area contributed by atoms with Crippen molar-refractivity contribution in [2.75, 3.05) is 0 Å². The van der Waals surface area contributed by atoms with Gasteiger partial charge in [0.25, 0.3) is 0 Å². The van der Waals surface area contributed by atoms with E-state index in [2.05, 4.69) is 0 Å². The van der Waals surface area contributed by atoms with Crippen LogP contribution in [0.4, 0.5) is 0 Å². The molecular weight excluding hydrogens is 302 g/mol. The van der Waals surface area contributed by atoms with Gasteiger partial charge in [-0.05, 0) is 62.3 Å². The van der Waals surface area contributed by atoms with Crippen LogP contribution >= 0.6 is 0 Å². The minimum absolute atomic E-state index is 0.500. The first-order valence-electron chi connectivity index (χ1n) is 5.35. The molecule has 0 saturated carbocycles. The molecule has 0 bridgehead atoms. The van der Waals surface area contributed by atoms with Gasteiger partial charge in [0.05, 0.1) is 16.8 Å². The monoisotopic (exact) mass is 334 g/mol. The van der Waals surface area contributed by atoms with Crippen LogP contribution in [0, 0.1) is 3.73 Å². The molecule has 0 aromatic rings. The van der Waals surface area contributed by atoms with E-state index in [0.717, 1.165) is 19.4 Å². The summed E-state index contributed by atoms with van der Waals surface area (Å²) in [6, 6.07) is 0. The normalized spacial score (nSPS) is 10.7. The van der Waals surface area contributed by atoms with Gasteiger partial charge in [-0.25, -0.2) is 0 Å². The molecule has 0 spiro atoms. The molecule has 0 rings (SSSR count). The van der Waals surface area contributed by atoms with Gasteiger partial charge >= 0.3 is 23.2 Å². The molecule has 0 saturated heterocycles. The van der Waals surface area contributed by atoms with Crippen molar-refractivity contribution >= 4 is 0 Å². The first kappa shape index (κ1) is 26.0. The summed E-state index contributed by atoms with van der Waals surface area (Å²) < 4.78 is 7.01. The van der Waals surface area contributed by atoms with Crippen molar-refractivity contribution in [2.45, 2.75) is 79.1 Å². The molecule has 0 aromatic heterocycles. The molecule has 0 unspecified atom stereocenters. The summed E-state index contributed by atoms with van der Waals surface area (Å²) in [7, 11) is 0. The second-order valence-corrected chi connectivity index (χ2v) is 6.51. The Bertz CT molecular complexity index is 126. The summed E-state index contributed by atoms with van der Waals surface area (Å²) >= 11 is 0.950. The molecule has 0 radical (unpaired) electrons. The first-order chi connectivity index (χ1) is 7.00. The van der Waals surface area contributed by atoms with Crippen LogP contribution in [0.5, 0.6) is 0 Å². The van der Waals surface area contributed by atoms with Crippen LogP contribution in [0.1, 0.15) is 62.3 Å². The van der Waals surface area contributed by atoms with Crippen LogP contribution in [0.3, 0.4) is 0 Å². The zero-order valence-corrected chi connectivity index (χ0v) is 14.7. The average Bonchev–Trinajstić information content (AvgIpc) is 1.77. The van der Waals surface area contributed by atoms with Gasteiger partial charge in [-0.2, -0.15) is 0 Å². The van der Waals surface area contributed by atoms with Crippen molar-refractivity contribution in [3.8, 4) is 0 Å². The maximum atomic E-state index is 8.52. The molecule has 5 heteroatoms. The van der Waals surface area contributed by atoms with Gasteiger partial charge < -0.3 is 15.3 Å². The van der Waals surface area contributed by atoms with E-state index >= 15 is 0 Å². The number of aliphatic hydroxyl groups is 3. The summed E-state index contributed by atoms with van der Waals surface area (Å²) in [4.78, 5) is 0. The third-order valence-corrected chi connectivity index (χ3v) is 0. The first-order valence-corrected chi connectivity index (χ1v) is 6.25. The van der Waals surface area contributed by atoms with Crippen LogP contribution in [-0.2, 0) is 19.4 Å². The molecule has 17 heavy (non-hydrogen) atoms. The van der Waals surface area contributed by atoms with E-state index in [1.807, 2.05) is 0 Å². The van der Waals surface area contributed by atoms with Crippen molar-refractivity contribution in [1.82, 2.24) is 0 Å². The Morgan fingerprint density at radius 2 is 0.529 bits per heavy atom. The van der Waals surface area contributed by atoms with E-state index in [9.17, 15) is 0 Å². The van der Waals surface area contributed by atoms with E-state index in [-0.39, 0.29) is 0 Å². The van der Waals surface area contributed by atoms with Crippen molar-refractivity contribution < 1.29 is 34.8 Å². The predicted octanol–water partition coefficient (Wildman–Crippen LogP) is 2.34. The van der Waals surface area contributed by atoms with Gasteiger partial charge in [-0.1, -0.05) is 0 Å². The molecule has 0 fully saturated rings. The predicted molar refractivity (Wildman–Crippen MR) is 67.6 cm³/mol. The molecule has 0 aliphatic rings. The molecule has 4 nitrogen and oxygen atoms in total. The van der Waals surface area contributed by atoms with E-state index in [4.69, 9.17) is 19.0 Å². The Morgan fingerprint density at radius 1 is 0.529 bits per heavy atom. The fourth-order valence-electron chi connectivity index (χ4n) is 0. The Hall–Kier alpha value is 0.278. The summed E-state index contributed by atoms with van der Waals surface area (Å²) in [6.45, 7) is 15.7. The molecule has 0 heterocycles. The van der Waals surface area contributed by atoms with Gasteiger partial charge in [0.15, 0.2) is 0 Å². The molecule has 3 N–H and O–H groups in total. The quantitative estimate of drug-likeness (QED) is 0.595. The van der Waals surface area contributed by atoms with E-state index in [1.165, 1.54) is 0 Å². The number of hydrogen-bond donors (Lipinski definition) is 3. The van der Waals surface area contributed by atoms with E-state index in [1.54, 1.807) is 62.3 Å². The van der Waals surface area contributed by atoms with Crippen LogP contribution in [-0.4, -0.2) is 32.1 Å². The third kappa shape index (κ3) is 42800. The molecule has 0 aliphatic heterocycles. The minimum atomic E-state index is -0.500. The zero-order valence-electron chi connectivity index (χ0n) is 12.7. The number of rotatable bonds is 0. The molecular formula is C12H30MoNO3. The van der Waals surface area contributed by atoms with Crippen LogP contribution < -0.4 is 0 Å². The topological polar surface area (TPSA) is 84.5 Å². The van der Waals surface area contributed by atoms with Crippen molar-refractivity contribution in [3.05, 3.63) is 0 Å². The van der Waals surface area contributed by atoms with Crippen LogP contribution in [0.2, 0.25) is 0 Å². The molecule has 0 aliphatic carbocycles. The molecule has 0 amide bonds. The summed E-state index contributed by atoms with van der Waals surface area (Å²) in [6.07, 6.45) is 0. The number of nitrogens with zero attached hydrogens (tertiary/aromatic N) is 1. The SMILES string of the molecule is CC(C)(C)O.CC(C)(C)O.CC(C)(C)O.[N]#[Mo]. The molecule has 107 valence electrons. The average molecular weight is 332 g/mol. The van der Waals surface area contributed by atoms with Gasteiger partial charge in [0, 0.05) is 0 Å². The Labute approximate surface area is 118 Å². The molecule has 0 atom stereocenters. The van der Waals surface area contributed by atoms with Crippen molar-refractivity contribution in [1.29, 1.82) is 3.73 Å². The van der Waals surface area contributed by atoms with Gasteiger partial charge in [0.2, 0.25) is 0 Å². The Balaban J connectivity index is -0.0000000693. The summed E-state index contributed by atoms with van der Waals surface area (Å²) in [5.41, 5.74) is -1.50. The number of hydrogen-bond acceptors (Lipinski definition) is 4. The fraction of sp³-hybridized carbons (Fsp3) is 1.00. The standard InChI is InChI=1S/3C4H10O.Mo.N/c3*1-4(2,3)5;;/h3*5H,1-3H3;;. The van der Waals surface area contributed by atoms with Gasteiger partial charge in [-0.15, -0.1) is 0 Å². The summed E-state index contributed by atoms with van der Waals surface area (Å²) in [5.74, 6) is 0. The van der Waals surface area contributed by atoms with Gasteiger partial charge in [-0.3, -0.25) is 0 Å². The second kappa shape index (κ2) is 11.4. The van der Waals surface area contributed by atoms with Crippen LogP contribution in [0.25, 0.3) is 0 Å². The van der Waals surface area contributed by atoms with Crippen molar-refractivity contribution in [2.24, 2.45) is 0 Å². The Morgan fingerprint density at radius 3 is 0.529 bits per heavy atom. The van der Waals surface area contributed by atoms with E-state index in [0.29, 0.717) is 0 Å². The van der Waals surface area contributed by atoms with Crippen molar-refractivity contribution in [3.63, 3.8) is 0 Å².